The molecule has 7 nitrogen and oxygen atoms in total. The number of nitro groups is 1. The van der Waals surface area contributed by atoms with Gasteiger partial charge in [-0.1, -0.05) is 12.1 Å². The average molecular weight is 293 g/mol. The lowest BCUT2D eigenvalue weighted by Gasteiger charge is -2.31. The van der Waals surface area contributed by atoms with Gasteiger partial charge in [0.05, 0.1) is 11.5 Å². The van der Waals surface area contributed by atoms with E-state index in [1.165, 1.54) is 6.07 Å². The number of piperidine rings is 1. The van der Waals surface area contributed by atoms with E-state index in [1.54, 1.807) is 23.1 Å². The van der Waals surface area contributed by atoms with Crippen LogP contribution < -0.4 is 5.32 Å². The second kappa shape index (κ2) is 7.03. The maximum absolute atomic E-state index is 12.1. The third-order valence-electron chi connectivity index (χ3n) is 3.76. The molecule has 114 valence electrons. The molecule has 21 heavy (non-hydrogen) atoms. The minimum absolute atomic E-state index is 0.0364. The zero-order valence-electron chi connectivity index (χ0n) is 11.7. The number of hydrogen-bond acceptors (Lipinski definition) is 5. The second-order valence-electron chi connectivity index (χ2n) is 5.13. The number of benzene rings is 1. The van der Waals surface area contributed by atoms with E-state index in [0.717, 1.165) is 12.8 Å². The SMILES string of the molecule is O=C(CNc1ccccc1[N+](=O)[O-])N1CCC(CO)CC1. The summed E-state index contributed by atoms with van der Waals surface area (Å²) in [5, 5.41) is 22.8. The van der Waals surface area contributed by atoms with Crippen LogP contribution in [-0.4, -0.2) is 47.1 Å². The zero-order valence-corrected chi connectivity index (χ0v) is 11.7. The summed E-state index contributed by atoms with van der Waals surface area (Å²) >= 11 is 0. The Bertz CT molecular complexity index is 513. The van der Waals surface area contributed by atoms with Crippen LogP contribution >= 0.6 is 0 Å². The fourth-order valence-electron chi connectivity index (χ4n) is 2.43. The summed E-state index contributed by atoms with van der Waals surface area (Å²) in [6.07, 6.45) is 1.60. The number of carbonyl (C=O) groups excluding carboxylic acids is 1. The van der Waals surface area contributed by atoms with Crippen LogP contribution in [0.2, 0.25) is 0 Å². The van der Waals surface area contributed by atoms with Crippen LogP contribution in [0.1, 0.15) is 12.8 Å². The van der Waals surface area contributed by atoms with Gasteiger partial charge < -0.3 is 15.3 Å². The first kappa shape index (κ1) is 15.2. The fourth-order valence-corrected chi connectivity index (χ4v) is 2.43. The molecule has 0 atom stereocenters. The van der Waals surface area contributed by atoms with Crippen LogP contribution in [0.15, 0.2) is 24.3 Å². The van der Waals surface area contributed by atoms with Crippen molar-refractivity contribution >= 4 is 17.3 Å². The van der Waals surface area contributed by atoms with Crippen LogP contribution in [0, 0.1) is 16.0 Å². The molecule has 0 aliphatic carbocycles. The van der Waals surface area contributed by atoms with Crippen LogP contribution in [-0.2, 0) is 4.79 Å². The molecule has 1 aromatic carbocycles. The number of amides is 1. The highest BCUT2D eigenvalue weighted by atomic mass is 16.6. The molecule has 2 rings (SSSR count). The Balaban J connectivity index is 1.89. The molecular weight excluding hydrogens is 274 g/mol. The van der Waals surface area contributed by atoms with Crippen molar-refractivity contribution < 1.29 is 14.8 Å². The Morgan fingerprint density at radius 2 is 2.05 bits per heavy atom. The fraction of sp³-hybridized carbons (Fsp3) is 0.500. The van der Waals surface area contributed by atoms with Crippen LogP contribution in [0.4, 0.5) is 11.4 Å². The number of likely N-dealkylation sites (tertiary alicyclic amines) is 1. The first-order valence-electron chi connectivity index (χ1n) is 6.97. The van der Waals surface area contributed by atoms with Gasteiger partial charge in [-0.2, -0.15) is 0 Å². The van der Waals surface area contributed by atoms with E-state index in [1.807, 2.05) is 0 Å². The largest absolute Gasteiger partial charge is 0.396 e. The summed E-state index contributed by atoms with van der Waals surface area (Å²) < 4.78 is 0. The number of nitrogens with one attached hydrogen (secondary N) is 1. The first-order valence-corrected chi connectivity index (χ1v) is 6.97. The number of anilines is 1. The number of hydrogen-bond donors (Lipinski definition) is 2. The standard InChI is InChI=1S/C14H19N3O4/c18-10-11-5-7-16(8-6-11)14(19)9-15-12-3-1-2-4-13(12)17(20)21/h1-4,11,15,18H,5-10H2. The van der Waals surface area contributed by atoms with Crippen LogP contribution in [0.25, 0.3) is 0 Å². The smallest absolute Gasteiger partial charge is 0.292 e. The van der Waals surface area contributed by atoms with E-state index < -0.39 is 4.92 Å². The van der Waals surface area contributed by atoms with Crippen LogP contribution in [0.3, 0.4) is 0 Å². The van der Waals surface area contributed by atoms with Crippen molar-refractivity contribution in [3.63, 3.8) is 0 Å². The lowest BCUT2D eigenvalue weighted by atomic mass is 9.98. The summed E-state index contributed by atoms with van der Waals surface area (Å²) in [6, 6.07) is 6.26. The Morgan fingerprint density at radius 3 is 2.67 bits per heavy atom. The zero-order chi connectivity index (χ0) is 15.2. The molecule has 0 saturated carbocycles. The molecule has 1 aromatic rings. The third kappa shape index (κ3) is 3.91. The maximum Gasteiger partial charge on any atom is 0.292 e. The van der Waals surface area contributed by atoms with Gasteiger partial charge >= 0.3 is 0 Å². The highest BCUT2D eigenvalue weighted by molar-refractivity contribution is 5.81. The Hall–Kier alpha value is -2.15. The second-order valence-corrected chi connectivity index (χ2v) is 5.13. The summed E-state index contributed by atoms with van der Waals surface area (Å²) in [5.41, 5.74) is 0.311. The lowest BCUT2D eigenvalue weighted by Crippen LogP contribution is -2.41. The lowest BCUT2D eigenvalue weighted by molar-refractivity contribution is -0.383. The van der Waals surface area contributed by atoms with E-state index in [9.17, 15) is 14.9 Å². The summed E-state index contributed by atoms with van der Waals surface area (Å²) in [4.78, 5) is 24.2. The molecule has 1 saturated heterocycles. The molecule has 2 N–H and O–H groups in total. The third-order valence-corrected chi connectivity index (χ3v) is 3.76. The molecule has 0 unspecified atom stereocenters. The molecular formula is C14H19N3O4. The van der Waals surface area contributed by atoms with Gasteiger partial charge in [0, 0.05) is 25.8 Å². The minimum atomic E-state index is -0.473. The quantitative estimate of drug-likeness (QED) is 0.629. The van der Waals surface area contributed by atoms with Gasteiger partial charge in [0.1, 0.15) is 5.69 Å². The number of aliphatic hydroxyl groups excluding tert-OH is 1. The van der Waals surface area contributed by atoms with Crippen LogP contribution in [0.5, 0.6) is 0 Å². The molecule has 7 heteroatoms. The van der Waals surface area contributed by atoms with E-state index >= 15 is 0 Å². The van der Waals surface area contributed by atoms with Crippen molar-refractivity contribution in [2.45, 2.75) is 12.8 Å². The van der Waals surface area contributed by atoms with E-state index in [4.69, 9.17) is 5.11 Å². The maximum atomic E-state index is 12.1. The number of aliphatic hydroxyl groups is 1. The Labute approximate surface area is 122 Å². The molecule has 1 aliphatic heterocycles. The number of carbonyl (C=O) groups is 1. The number of para-hydroxylation sites is 2. The number of nitro benzene ring substituents is 1. The van der Waals surface area contributed by atoms with Crippen molar-refractivity contribution in [1.82, 2.24) is 4.90 Å². The summed E-state index contributed by atoms with van der Waals surface area (Å²) in [7, 11) is 0. The van der Waals surface area contributed by atoms with Gasteiger partial charge in [-0.3, -0.25) is 14.9 Å². The number of rotatable bonds is 5. The van der Waals surface area contributed by atoms with Gasteiger partial charge in [0.15, 0.2) is 0 Å². The molecule has 0 spiro atoms. The van der Waals surface area contributed by atoms with Gasteiger partial charge in [-0.05, 0) is 24.8 Å². The molecule has 0 radical (unpaired) electrons. The predicted octanol–water partition coefficient (Wildman–Crippen LogP) is 1.24. The molecule has 1 fully saturated rings. The van der Waals surface area contributed by atoms with Gasteiger partial charge in [0.25, 0.3) is 5.69 Å². The molecule has 0 aromatic heterocycles. The highest BCUT2D eigenvalue weighted by Crippen LogP contribution is 2.23. The molecule has 1 amide bonds. The topological polar surface area (TPSA) is 95.7 Å². The average Bonchev–Trinajstić information content (AvgIpc) is 2.52. The highest BCUT2D eigenvalue weighted by Gasteiger charge is 2.22. The van der Waals surface area contributed by atoms with Gasteiger partial charge in [0.2, 0.25) is 5.91 Å². The molecule has 1 aliphatic rings. The van der Waals surface area contributed by atoms with Crippen molar-refractivity contribution in [1.29, 1.82) is 0 Å². The first-order chi connectivity index (χ1) is 10.1. The van der Waals surface area contributed by atoms with E-state index in [0.29, 0.717) is 18.8 Å². The Kier molecular flexibility index (Phi) is 5.10. The van der Waals surface area contributed by atoms with Crippen molar-refractivity contribution in [3.8, 4) is 0 Å². The van der Waals surface area contributed by atoms with Crippen molar-refractivity contribution in [2.24, 2.45) is 5.92 Å². The number of nitrogens with zero attached hydrogens (tertiary/aromatic N) is 2. The minimum Gasteiger partial charge on any atom is -0.396 e. The summed E-state index contributed by atoms with van der Waals surface area (Å²) in [6.45, 7) is 1.45. The van der Waals surface area contributed by atoms with E-state index in [-0.39, 0.29) is 30.7 Å². The van der Waals surface area contributed by atoms with Gasteiger partial charge in [-0.15, -0.1) is 0 Å². The van der Waals surface area contributed by atoms with Crippen molar-refractivity contribution in [2.75, 3.05) is 31.6 Å². The molecule has 0 bridgehead atoms. The van der Waals surface area contributed by atoms with E-state index in [2.05, 4.69) is 5.32 Å². The monoisotopic (exact) mass is 293 g/mol. The Morgan fingerprint density at radius 1 is 1.38 bits per heavy atom. The summed E-state index contributed by atoms with van der Waals surface area (Å²) in [5.74, 6) is 0.196. The van der Waals surface area contributed by atoms with Gasteiger partial charge in [-0.25, -0.2) is 0 Å². The van der Waals surface area contributed by atoms with Crippen molar-refractivity contribution in [3.05, 3.63) is 34.4 Å². The molecule has 1 heterocycles. The predicted molar refractivity (Wildman–Crippen MR) is 78.0 cm³/mol. The normalized spacial score (nSPS) is 15.8.